The van der Waals surface area contributed by atoms with Crippen LogP contribution >= 0.6 is 0 Å². The first-order valence-electron chi connectivity index (χ1n) is 5.04. The summed E-state index contributed by atoms with van der Waals surface area (Å²) >= 11 is 0. The van der Waals surface area contributed by atoms with Crippen molar-refractivity contribution in [3.8, 4) is 11.3 Å². The molecule has 0 saturated heterocycles. The molecule has 0 aliphatic rings. The third kappa shape index (κ3) is 1.29. The van der Waals surface area contributed by atoms with E-state index in [1.54, 1.807) is 10.9 Å². The average molecular weight is 213 g/mol. The summed E-state index contributed by atoms with van der Waals surface area (Å²) < 4.78 is 3.70. The predicted molar refractivity (Wildman–Crippen MR) is 59.9 cm³/mol. The van der Waals surface area contributed by atoms with E-state index in [-0.39, 0.29) is 0 Å². The van der Waals surface area contributed by atoms with Crippen LogP contribution in [0.2, 0.25) is 0 Å². The van der Waals surface area contributed by atoms with Crippen LogP contribution < -0.4 is 0 Å². The molecule has 5 nitrogen and oxygen atoms in total. The average Bonchev–Trinajstić information content (AvgIpc) is 2.81. The van der Waals surface area contributed by atoms with Crippen molar-refractivity contribution in [2.75, 3.05) is 0 Å². The zero-order valence-corrected chi connectivity index (χ0v) is 9.12. The fraction of sp³-hybridized carbons (Fsp3) is 0.182. The maximum absolute atomic E-state index is 4.46. The maximum atomic E-state index is 4.46. The number of nitrogens with zero attached hydrogens (tertiary/aromatic N) is 5. The van der Waals surface area contributed by atoms with Gasteiger partial charge in [0.15, 0.2) is 0 Å². The molecule has 0 amide bonds. The van der Waals surface area contributed by atoms with Crippen LogP contribution in [0.15, 0.2) is 30.9 Å². The third-order valence-corrected chi connectivity index (χ3v) is 2.52. The summed E-state index contributed by atoms with van der Waals surface area (Å²) in [5.74, 6) is 0.709. The standard InChI is InChI=1S/C11H11N5/c1-8-9(6-15(2)14-8)10-7-16-5-3-4-12-11(16)13-10/h3-7H,1-2H3. The number of imidazole rings is 1. The number of aromatic nitrogens is 5. The van der Waals surface area contributed by atoms with Crippen molar-refractivity contribution in [2.45, 2.75) is 6.92 Å². The van der Waals surface area contributed by atoms with Crippen LogP contribution in [0.25, 0.3) is 17.0 Å². The third-order valence-electron chi connectivity index (χ3n) is 2.52. The molecular weight excluding hydrogens is 202 g/mol. The fourth-order valence-corrected chi connectivity index (χ4v) is 1.81. The molecule has 0 aromatic carbocycles. The molecule has 5 heteroatoms. The van der Waals surface area contributed by atoms with Crippen molar-refractivity contribution in [3.05, 3.63) is 36.5 Å². The van der Waals surface area contributed by atoms with Crippen molar-refractivity contribution in [1.29, 1.82) is 0 Å². The van der Waals surface area contributed by atoms with E-state index < -0.39 is 0 Å². The molecule has 3 rings (SSSR count). The highest BCUT2D eigenvalue weighted by atomic mass is 15.3. The molecule has 0 N–H and O–H groups in total. The SMILES string of the molecule is Cc1nn(C)cc1-c1cn2cccnc2n1. The Hall–Kier alpha value is -2.17. The van der Waals surface area contributed by atoms with E-state index in [0.717, 1.165) is 17.0 Å². The Morgan fingerprint density at radius 2 is 2.12 bits per heavy atom. The highest BCUT2D eigenvalue weighted by molar-refractivity contribution is 5.62. The zero-order valence-electron chi connectivity index (χ0n) is 9.12. The summed E-state index contributed by atoms with van der Waals surface area (Å²) in [4.78, 5) is 8.64. The number of hydrogen-bond acceptors (Lipinski definition) is 3. The quantitative estimate of drug-likeness (QED) is 0.614. The molecule has 80 valence electrons. The van der Waals surface area contributed by atoms with Gasteiger partial charge in [0.25, 0.3) is 0 Å². The van der Waals surface area contributed by atoms with Gasteiger partial charge in [0.2, 0.25) is 5.78 Å². The van der Waals surface area contributed by atoms with Gasteiger partial charge in [-0.05, 0) is 13.0 Å². The minimum absolute atomic E-state index is 0.709. The fourth-order valence-electron chi connectivity index (χ4n) is 1.81. The van der Waals surface area contributed by atoms with Crippen LogP contribution in [0.5, 0.6) is 0 Å². The molecule has 0 bridgehead atoms. The maximum Gasteiger partial charge on any atom is 0.234 e. The van der Waals surface area contributed by atoms with Gasteiger partial charge in [0.05, 0.1) is 11.4 Å². The monoisotopic (exact) mass is 213 g/mol. The summed E-state index contributed by atoms with van der Waals surface area (Å²) in [6.07, 6.45) is 7.61. The Morgan fingerprint density at radius 3 is 2.81 bits per heavy atom. The molecule has 0 fully saturated rings. The lowest BCUT2D eigenvalue weighted by Gasteiger charge is -1.88. The van der Waals surface area contributed by atoms with Crippen LogP contribution in [-0.4, -0.2) is 24.1 Å². The molecule has 0 radical (unpaired) electrons. The molecule has 0 atom stereocenters. The van der Waals surface area contributed by atoms with E-state index >= 15 is 0 Å². The van der Waals surface area contributed by atoms with E-state index in [9.17, 15) is 0 Å². The summed E-state index contributed by atoms with van der Waals surface area (Å²) in [6.45, 7) is 1.98. The van der Waals surface area contributed by atoms with E-state index in [0.29, 0.717) is 5.78 Å². The highest BCUT2D eigenvalue weighted by Crippen LogP contribution is 2.20. The molecule has 3 heterocycles. The minimum atomic E-state index is 0.709. The van der Waals surface area contributed by atoms with Crippen LogP contribution in [0.3, 0.4) is 0 Å². The largest absolute Gasteiger partial charge is 0.291 e. The summed E-state index contributed by atoms with van der Waals surface area (Å²) in [6, 6.07) is 1.88. The van der Waals surface area contributed by atoms with Gasteiger partial charge in [0, 0.05) is 37.4 Å². The normalized spacial score (nSPS) is 11.1. The lowest BCUT2D eigenvalue weighted by molar-refractivity contribution is 0.756. The Morgan fingerprint density at radius 1 is 1.25 bits per heavy atom. The van der Waals surface area contributed by atoms with E-state index in [1.807, 2.05) is 43.0 Å². The number of aryl methyl sites for hydroxylation is 2. The minimum Gasteiger partial charge on any atom is -0.291 e. The number of rotatable bonds is 1. The molecule has 3 aromatic rings. The van der Waals surface area contributed by atoms with Gasteiger partial charge in [0.1, 0.15) is 0 Å². The van der Waals surface area contributed by atoms with Crippen LogP contribution in [0, 0.1) is 6.92 Å². The summed E-state index contributed by atoms with van der Waals surface area (Å²) in [7, 11) is 1.91. The number of fused-ring (bicyclic) bond motifs is 1. The lowest BCUT2D eigenvalue weighted by Crippen LogP contribution is -1.86. The van der Waals surface area contributed by atoms with Crippen molar-refractivity contribution < 1.29 is 0 Å². The Labute approximate surface area is 92.4 Å². The van der Waals surface area contributed by atoms with E-state index in [1.165, 1.54) is 0 Å². The van der Waals surface area contributed by atoms with Gasteiger partial charge in [-0.15, -0.1) is 0 Å². The smallest absolute Gasteiger partial charge is 0.234 e. The van der Waals surface area contributed by atoms with Gasteiger partial charge in [-0.25, -0.2) is 9.97 Å². The van der Waals surface area contributed by atoms with Gasteiger partial charge in [-0.3, -0.25) is 9.08 Å². The molecule has 0 saturated carbocycles. The van der Waals surface area contributed by atoms with Gasteiger partial charge >= 0.3 is 0 Å². The van der Waals surface area contributed by atoms with Crippen LogP contribution in [-0.2, 0) is 7.05 Å². The van der Waals surface area contributed by atoms with Gasteiger partial charge in [-0.2, -0.15) is 5.10 Å². The van der Waals surface area contributed by atoms with E-state index in [2.05, 4.69) is 15.1 Å². The first-order chi connectivity index (χ1) is 7.74. The second-order valence-corrected chi connectivity index (χ2v) is 3.75. The molecule has 0 spiro atoms. The van der Waals surface area contributed by atoms with Crippen molar-refractivity contribution in [3.63, 3.8) is 0 Å². The first kappa shape index (κ1) is 9.08. The van der Waals surface area contributed by atoms with Crippen molar-refractivity contribution in [1.82, 2.24) is 24.1 Å². The Kier molecular flexibility index (Phi) is 1.80. The highest BCUT2D eigenvalue weighted by Gasteiger charge is 2.10. The Bertz CT molecular complexity index is 616. The number of hydrogen-bond donors (Lipinski definition) is 0. The van der Waals surface area contributed by atoms with Crippen LogP contribution in [0.4, 0.5) is 0 Å². The topological polar surface area (TPSA) is 48.0 Å². The second kappa shape index (κ2) is 3.16. The molecular formula is C11H11N5. The first-order valence-corrected chi connectivity index (χ1v) is 5.04. The second-order valence-electron chi connectivity index (χ2n) is 3.75. The lowest BCUT2D eigenvalue weighted by atomic mass is 10.2. The molecule has 3 aromatic heterocycles. The molecule has 16 heavy (non-hydrogen) atoms. The van der Waals surface area contributed by atoms with Crippen molar-refractivity contribution in [2.24, 2.45) is 7.05 Å². The summed E-state index contributed by atoms with van der Waals surface area (Å²) in [5.41, 5.74) is 2.93. The predicted octanol–water partition coefficient (Wildman–Crippen LogP) is 1.44. The molecule has 0 aliphatic heterocycles. The zero-order chi connectivity index (χ0) is 11.1. The molecule has 0 aliphatic carbocycles. The summed E-state index contributed by atoms with van der Waals surface area (Å²) in [5, 5.41) is 4.30. The Balaban J connectivity index is 2.22. The van der Waals surface area contributed by atoms with Gasteiger partial charge in [-0.1, -0.05) is 0 Å². The van der Waals surface area contributed by atoms with Gasteiger partial charge < -0.3 is 0 Å². The van der Waals surface area contributed by atoms with Crippen molar-refractivity contribution >= 4 is 5.78 Å². The van der Waals surface area contributed by atoms with Crippen LogP contribution in [0.1, 0.15) is 5.69 Å². The van der Waals surface area contributed by atoms with E-state index in [4.69, 9.17) is 0 Å². The molecule has 0 unspecified atom stereocenters.